The van der Waals surface area contributed by atoms with Crippen LogP contribution in [0.25, 0.3) is 0 Å². The fourth-order valence-electron chi connectivity index (χ4n) is 2.41. The summed E-state index contributed by atoms with van der Waals surface area (Å²) in [5, 5.41) is 15.9. The highest BCUT2D eigenvalue weighted by atomic mass is 16.6. The van der Waals surface area contributed by atoms with E-state index in [0.717, 1.165) is 12.1 Å². The molecule has 0 spiro atoms. The van der Waals surface area contributed by atoms with E-state index in [-0.39, 0.29) is 23.7 Å². The number of carbonyl (C=O) groups is 2. The molecule has 8 nitrogen and oxygen atoms in total. The molecular formula is C19H22N4O4. The van der Waals surface area contributed by atoms with E-state index in [2.05, 4.69) is 15.5 Å². The predicted molar refractivity (Wildman–Crippen MR) is 101 cm³/mol. The van der Waals surface area contributed by atoms with Gasteiger partial charge in [0.15, 0.2) is 0 Å². The summed E-state index contributed by atoms with van der Waals surface area (Å²) in [6.45, 7) is 0.990. The Balaban J connectivity index is 1.79. The van der Waals surface area contributed by atoms with Gasteiger partial charge in [0.1, 0.15) is 0 Å². The van der Waals surface area contributed by atoms with Crippen molar-refractivity contribution in [2.24, 2.45) is 0 Å². The maximum Gasteiger partial charge on any atom is 0.270 e. The number of nitrogens with zero attached hydrogens (tertiary/aromatic N) is 2. The quantitative estimate of drug-likeness (QED) is 0.544. The second kappa shape index (κ2) is 9.44. The van der Waals surface area contributed by atoms with Crippen LogP contribution in [-0.2, 0) is 17.9 Å². The van der Waals surface area contributed by atoms with E-state index >= 15 is 0 Å². The third-order valence-electron chi connectivity index (χ3n) is 3.74. The molecule has 0 unspecified atom stereocenters. The van der Waals surface area contributed by atoms with Crippen LogP contribution < -0.4 is 10.6 Å². The Morgan fingerprint density at radius 2 is 1.70 bits per heavy atom. The molecule has 8 heteroatoms. The van der Waals surface area contributed by atoms with Crippen molar-refractivity contribution in [3.8, 4) is 0 Å². The van der Waals surface area contributed by atoms with Crippen molar-refractivity contribution in [3.05, 3.63) is 75.3 Å². The Kier molecular flexibility index (Phi) is 7.01. The number of rotatable bonds is 8. The molecule has 0 radical (unpaired) electrons. The largest absolute Gasteiger partial charge is 0.350 e. The van der Waals surface area contributed by atoms with Crippen LogP contribution in [0.3, 0.4) is 0 Å². The summed E-state index contributed by atoms with van der Waals surface area (Å²) in [7, 11) is 3.99. The van der Waals surface area contributed by atoms with Gasteiger partial charge in [-0.05, 0) is 31.3 Å². The average molecular weight is 370 g/mol. The van der Waals surface area contributed by atoms with Gasteiger partial charge in [-0.2, -0.15) is 0 Å². The van der Waals surface area contributed by atoms with E-state index in [9.17, 15) is 19.7 Å². The maximum atomic E-state index is 12.0. The zero-order valence-electron chi connectivity index (χ0n) is 15.3. The first-order valence-electron chi connectivity index (χ1n) is 8.37. The molecule has 2 N–H and O–H groups in total. The van der Waals surface area contributed by atoms with E-state index in [4.69, 9.17) is 0 Å². The molecule has 0 heterocycles. The summed E-state index contributed by atoms with van der Waals surface area (Å²) in [6.07, 6.45) is 0. The number of benzene rings is 2. The number of amides is 2. The van der Waals surface area contributed by atoms with Crippen molar-refractivity contribution in [3.63, 3.8) is 0 Å². The highest BCUT2D eigenvalue weighted by Gasteiger charge is 2.12. The highest BCUT2D eigenvalue weighted by molar-refractivity contribution is 5.96. The number of hydrogen-bond donors (Lipinski definition) is 2. The van der Waals surface area contributed by atoms with E-state index in [1.165, 1.54) is 29.8 Å². The maximum absolute atomic E-state index is 12.0. The predicted octanol–water partition coefficient (Wildman–Crippen LogP) is 1.70. The fourth-order valence-corrected chi connectivity index (χ4v) is 2.41. The minimum absolute atomic E-state index is 0.133. The lowest BCUT2D eigenvalue weighted by Crippen LogP contribution is -2.36. The van der Waals surface area contributed by atoms with Crippen molar-refractivity contribution < 1.29 is 14.5 Å². The van der Waals surface area contributed by atoms with Gasteiger partial charge in [0.25, 0.3) is 11.6 Å². The second-order valence-electron chi connectivity index (χ2n) is 6.32. The van der Waals surface area contributed by atoms with Gasteiger partial charge in [-0.15, -0.1) is 0 Å². The van der Waals surface area contributed by atoms with Crippen molar-refractivity contribution in [2.45, 2.75) is 13.1 Å². The minimum atomic E-state index is -0.576. The van der Waals surface area contributed by atoms with Gasteiger partial charge < -0.3 is 15.5 Å². The monoisotopic (exact) mass is 370 g/mol. The lowest BCUT2D eigenvalue weighted by Gasteiger charge is -2.11. The normalized spacial score (nSPS) is 10.5. The molecule has 2 rings (SSSR count). The van der Waals surface area contributed by atoms with Crippen LogP contribution in [0, 0.1) is 10.1 Å². The van der Waals surface area contributed by atoms with Crippen LogP contribution in [0.4, 0.5) is 5.69 Å². The van der Waals surface area contributed by atoms with Crippen LogP contribution in [0.1, 0.15) is 21.5 Å². The molecule has 2 aromatic carbocycles. The molecule has 2 aromatic rings. The summed E-state index contributed by atoms with van der Waals surface area (Å²) in [5.41, 5.74) is 2.09. The Morgan fingerprint density at radius 1 is 1.04 bits per heavy atom. The molecule has 0 saturated carbocycles. The number of carbonyl (C=O) groups excluding carboxylic acids is 2. The fraction of sp³-hybridized carbons (Fsp3) is 0.263. The Bertz CT molecular complexity index is 819. The smallest absolute Gasteiger partial charge is 0.270 e. The van der Waals surface area contributed by atoms with Crippen LogP contribution >= 0.6 is 0 Å². The average Bonchev–Trinajstić information content (AvgIpc) is 2.65. The van der Waals surface area contributed by atoms with E-state index in [1.807, 2.05) is 38.4 Å². The molecule has 0 bridgehead atoms. The Labute approximate surface area is 157 Å². The van der Waals surface area contributed by atoms with Crippen LogP contribution in [0.15, 0.2) is 48.5 Å². The van der Waals surface area contributed by atoms with Crippen molar-refractivity contribution in [1.82, 2.24) is 15.5 Å². The van der Waals surface area contributed by atoms with Crippen molar-refractivity contribution in [2.75, 3.05) is 20.6 Å². The zero-order valence-corrected chi connectivity index (χ0v) is 15.3. The zero-order chi connectivity index (χ0) is 19.8. The van der Waals surface area contributed by atoms with Gasteiger partial charge in [0, 0.05) is 30.8 Å². The van der Waals surface area contributed by atoms with Gasteiger partial charge in [0.05, 0.1) is 11.5 Å². The van der Waals surface area contributed by atoms with Crippen LogP contribution in [-0.4, -0.2) is 42.3 Å². The molecule has 0 atom stereocenters. The van der Waals surface area contributed by atoms with Gasteiger partial charge >= 0.3 is 0 Å². The number of hydrogen-bond acceptors (Lipinski definition) is 5. The molecule has 2 amide bonds. The van der Waals surface area contributed by atoms with Crippen molar-refractivity contribution in [1.29, 1.82) is 0 Å². The number of nitro groups is 1. The summed E-state index contributed by atoms with van der Waals surface area (Å²) in [4.78, 5) is 36.1. The Hall–Kier alpha value is -3.26. The van der Waals surface area contributed by atoms with Gasteiger partial charge in [-0.3, -0.25) is 19.7 Å². The molecule has 0 aliphatic heterocycles. The summed E-state index contributed by atoms with van der Waals surface area (Å²) in [6, 6.07) is 13.2. The first-order chi connectivity index (χ1) is 12.8. The first kappa shape index (κ1) is 20.1. The molecule has 0 aliphatic carbocycles. The topological polar surface area (TPSA) is 105 Å². The lowest BCUT2D eigenvalue weighted by molar-refractivity contribution is -0.384. The molecule has 0 aliphatic rings. The molecule has 0 fully saturated rings. The lowest BCUT2D eigenvalue weighted by atomic mass is 10.1. The first-order valence-corrected chi connectivity index (χ1v) is 8.37. The van der Waals surface area contributed by atoms with E-state index in [1.54, 1.807) is 0 Å². The number of nitro benzene ring substituents is 1. The molecule has 0 saturated heterocycles. The van der Waals surface area contributed by atoms with Crippen LogP contribution in [0.2, 0.25) is 0 Å². The summed E-state index contributed by atoms with van der Waals surface area (Å²) >= 11 is 0. The SMILES string of the molecule is CN(C)Cc1ccc(CNC(=O)CNC(=O)c2cccc([N+](=O)[O-])c2)cc1. The van der Waals surface area contributed by atoms with Gasteiger partial charge in [0.2, 0.25) is 5.91 Å². The molecular weight excluding hydrogens is 348 g/mol. The molecule has 0 aromatic heterocycles. The Morgan fingerprint density at radius 3 is 2.33 bits per heavy atom. The van der Waals surface area contributed by atoms with Crippen LogP contribution in [0.5, 0.6) is 0 Å². The summed E-state index contributed by atoms with van der Waals surface area (Å²) in [5.74, 6) is -0.881. The van der Waals surface area contributed by atoms with Gasteiger partial charge in [-0.1, -0.05) is 30.3 Å². The third-order valence-corrected chi connectivity index (χ3v) is 3.74. The standard InChI is InChI=1S/C19H22N4O4/c1-22(2)13-15-8-6-14(7-9-15)11-20-18(24)12-21-19(25)16-4-3-5-17(10-16)23(26)27/h3-10H,11-13H2,1-2H3,(H,20,24)(H,21,25). The highest BCUT2D eigenvalue weighted by Crippen LogP contribution is 2.12. The summed E-state index contributed by atoms with van der Waals surface area (Å²) < 4.78 is 0. The molecule has 27 heavy (non-hydrogen) atoms. The van der Waals surface area contributed by atoms with E-state index in [0.29, 0.717) is 6.54 Å². The number of nitrogens with one attached hydrogen (secondary N) is 2. The minimum Gasteiger partial charge on any atom is -0.350 e. The second-order valence-corrected chi connectivity index (χ2v) is 6.32. The number of non-ortho nitro benzene ring substituents is 1. The third kappa shape index (κ3) is 6.52. The van der Waals surface area contributed by atoms with E-state index < -0.39 is 10.8 Å². The van der Waals surface area contributed by atoms with Crippen molar-refractivity contribution >= 4 is 17.5 Å². The van der Waals surface area contributed by atoms with Gasteiger partial charge in [-0.25, -0.2) is 0 Å². The molecule has 142 valence electrons.